The second-order valence-corrected chi connectivity index (χ2v) is 20.6. The van der Waals surface area contributed by atoms with Gasteiger partial charge in [-0.1, -0.05) is 53.9 Å². The average Bonchev–Trinajstić information content (AvgIpc) is 2.49. The number of carbonyl (C=O) groups excluding carboxylic acids is 2. The van der Waals surface area contributed by atoms with E-state index in [9.17, 15) is 9.59 Å². The maximum atomic E-state index is 13.2. The highest BCUT2D eigenvalue weighted by molar-refractivity contribution is 6.76. The van der Waals surface area contributed by atoms with Crippen molar-refractivity contribution in [3.63, 3.8) is 0 Å². The van der Waals surface area contributed by atoms with Gasteiger partial charge in [0, 0.05) is 11.6 Å². The van der Waals surface area contributed by atoms with Crippen LogP contribution in [-0.2, 0) is 18.8 Å². The van der Waals surface area contributed by atoms with Gasteiger partial charge in [0.25, 0.3) is 0 Å². The summed E-state index contributed by atoms with van der Waals surface area (Å²) < 4.78 is 13.8. The van der Waals surface area contributed by atoms with Crippen LogP contribution >= 0.6 is 0 Å². The van der Waals surface area contributed by atoms with Gasteiger partial charge in [-0.25, -0.2) is 4.79 Å². The van der Waals surface area contributed by atoms with Gasteiger partial charge < -0.3 is 13.7 Å². The van der Waals surface area contributed by atoms with E-state index in [2.05, 4.69) is 71.6 Å². The van der Waals surface area contributed by atoms with Gasteiger partial charge in [0.2, 0.25) is 5.91 Å². The van der Waals surface area contributed by atoms with Crippen molar-refractivity contribution >= 4 is 28.4 Å². The fourth-order valence-corrected chi connectivity index (χ4v) is 7.49. The first kappa shape index (κ1) is 26.1. The van der Waals surface area contributed by atoms with Gasteiger partial charge in [-0.05, 0) is 44.3 Å². The highest BCUT2D eigenvalue weighted by atomic mass is 28.4. The monoisotopic (exact) mass is 441 g/mol. The maximum Gasteiger partial charge on any atom is 0.333 e. The lowest BCUT2D eigenvalue weighted by atomic mass is 9.76. The summed E-state index contributed by atoms with van der Waals surface area (Å²) in [5.74, 6) is -0.187. The summed E-state index contributed by atoms with van der Waals surface area (Å²) in [6.45, 7) is 27.9. The molecular weight excluding hydrogens is 398 g/mol. The second-order valence-electron chi connectivity index (χ2n) is 11.0. The molecule has 7 heteroatoms. The second kappa shape index (κ2) is 9.06. The molecule has 1 fully saturated rings. The molecule has 0 radical (unpaired) electrons. The zero-order chi connectivity index (χ0) is 22.9. The van der Waals surface area contributed by atoms with Crippen molar-refractivity contribution in [1.82, 2.24) is 4.57 Å². The minimum absolute atomic E-state index is 0.0695. The van der Waals surface area contributed by atoms with Gasteiger partial charge in [-0.15, -0.1) is 0 Å². The average molecular weight is 442 g/mol. The highest BCUT2D eigenvalue weighted by Gasteiger charge is 2.57. The fourth-order valence-electron chi connectivity index (χ4n) is 3.94. The van der Waals surface area contributed by atoms with E-state index < -0.39 is 16.6 Å². The SMILES string of the molecule is C=C(C[C@@H](C)C1C([C@@H](C)O[Si](C)(C)C(C)(C)C)C(=O)N1[Si](C)(C)C)C(=O)OCC. The van der Waals surface area contributed by atoms with Gasteiger partial charge in [0.1, 0.15) is 0 Å². The molecule has 1 amide bonds. The molecule has 0 spiro atoms. The molecule has 0 aromatic heterocycles. The minimum Gasteiger partial charge on any atom is -0.463 e. The quantitative estimate of drug-likeness (QED) is 0.213. The van der Waals surface area contributed by atoms with Gasteiger partial charge in [0.15, 0.2) is 16.6 Å². The molecule has 0 saturated carbocycles. The minimum atomic E-state index is -1.99. The van der Waals surface area contributed by atoms with E-state index in [0.29, 0.717) is 18.6 Å². The topological polar surface area (TPSA) is 55.8 Å². The molecule has 0 bridgehead atoms. The van der Waals surface area contributed by atoms with Crippen LogP contribution < -0.4 is 0 Å². The molecule has 2 unspecified atom stereocenters. The maximum absolute atomic E-state index is 13.2. The number of rotatable bonds is 9. The van der Waals surface area contributed by atoms with Gasteiger partial charge in [-0.3, -0.25) is 4.79 Å². The summed E-state index contributed by atoms with van der Waals surface area (Å²) in [5, 5.41) is 0.0891. The zero-order valence-corrected chi connectivity index (χ0v) is 22.5. The lowest BCUT2D eigenvalue weighted by Gasteiger charge is -2.58. The Morgan fingerprint density at radius 2 is 1.69 bits per heavy atom. The number of hydrogen-bond acceptors (Lipinski definition) is 4. The Morgan fingerprint density at radius 1 is 1.17 bits per heavy atom. The number of amides is 1. The Labute approximate surface area is 180 Å². The van der Waals surface area contributed by atoms with Crippen LogP contribution in [0.2, 0.25) is 37.8 Å². The van der Waals surface area contributed by atoms with E-state index in [1.54, 1.807) is 6.92 Å². The third-order valence-corrected chi connectivity index (χ3v) is 13.0. The number of esters is 1. The van der Waals surface area contributed by atoms with E-state index in [1.807, 2.05) is 6.92 Å². The van der Waals surface area contributed by atoms with Gasteiger partial charge >= 0.3 is 5.97 Å². The summed E-state index contributed by atoms with van der Waals surface area (Å²) in [7, 11) is -3.83. The van der Waals surface area contributed by atoms with Crippen LogP contribution in [0.4, 0.5) is 0 Å². The molecular formula is C22H43NO4Si2. The summed E-state index contributed by atoms with van der Waals surface area (Å²) in [6, 6.07) is 0.0695. The molecule has 168 valence electrons. The Balaban J connectivity index is 3.08. The zero-order valence-electron chi connectivity index (χ0n) is 20.5. The third kappa shape index (κ3) is 5.82. The van der Waals surface area contributed by atoms with Crippen LogP contribution in [-0.4, -0.2) is 51.7 Å². The van der Waals surface area contributed by atoms with Gasteiger partial charge in [-0.2, -0.15) is 0 Å². The number of β-lactam (4-membered cyclic amide) rings is 1. The van der Waals surface area contributed by atoms with E-state index in [1.165, 1.54) is 0 Å². The van der Waals surface area contributed by atoms with E-state index in [4.69, 9.17) is 9.16 Å². The van der Waals surface area contributed by atoms with Crippen molar-refractivity contribution in [2.75, 3.05) is 6.61 Å². The predicted molar refractivity (Wildman–Crippen MR) is 125 cm³/mol. The van der Waals surface area contributed by atoms with Crippen LogP contribution in [0.3, 0.4) is 0 Å². The van der Waals surface area contributed by atoms with Gasteiger partial charge in [0.05, 0.1) is 18.6 Å². The first-order valence-electron chi connectivity index (χ1n) is 10.8. The molecule has 1 aliphatic heterocycles. The van der Waals surface area contributed by atoms with Crippen LogP contribution in [0, 0.1) is 11.8 Å². The number of nitrogens with zero attached hydrogens (tertiary/aromatic N) is 1. The fraction of sp³-hybridized carbons (Fsp3) is 0.818. The largest absolute Gasteiger partial charge is 0.463 e. The highest BCUT2D eigenvalue weighted by Crippen LogP contribution is 2.44. The standard InChI is InChI=1S/C22H43NO4Si2/c1-13-26-21(25)16(3)14-15(2)19-18(20(24)23(19)28(8,9)10)17(4)27-29(11,12)22(5,6)7/h15,17-19H,3,13-14H2,1-2,4-12H3/t15-,17-,18?,19?/m1/s1. The Bertz CT molecular complexity index is 634. The van der Waals surface area contributed by atoms with Crippen LogP contribution in [0.15, 0.2) is 12.2 Å². The van der Waals surface area contributed by atoms with Crippen molar-refractivity contribution in [1.29, 1.82) is 0 Å². The molecule has 1 heterocycles. The lowest BCUT2D eigenvalue weighted by molar-refractivity contribution is -0.157. The smallest absolute Gasteiger partial charge is 0.333 e. The first-order chi connectivity index (χ1) is 13.0. The van der Waals surface area contributed by atoms with E-state index in [-0.39, 0.29) is 40.9 Å². The predicted octanol–water partition coefficient (Wildman–Crippen LogP) is 5.20. The van der Waals surface area contributed by atoms with Crippen molar-refractivity contribution in [3.05, 3.63) is 12.2 Å². The van der Waals surface area contributed by atoms with Crippen molar-refractivity contribution in [2.24, 2.45) is 11.8 Å². The van der Waals surface area contributed by atoms with Crippen molar-refractivity contribution in [3.8, 4) is 0 Å². The molecule has 1 saturated heterocycles. The van der Waals surface area contributed by atoms with Crippen molar-refractivity contribution in [2.45, 2.75) is 97.9 Å². The molecule has 0 N–H and O–H groups in total. The summed E-state index contributed by atoms with van der Waals surface area (Å²) in [4.78, 5) is 25.3. The van der Waals surface area contributed by atoms with Crippen LogP contribution in [0.5, 0.6) is 0 Å². The summed E-state index contributed by atoms with van der Waals surface area (Å²) in [5.41, 5.74) is 0.478. The van der Waals surface area contributed by atoms with Crippen LogP contribution in [0.25, 0.3) is 0 Å². The Morgan fingerprint density at radius 3 is 2.10 bits per heavy atom. The summed E-state index contributed by atoms with van der Waals surface area (Å²) >= 11 is 0. The first-order valence-corrected chi connectivity index (χ1v) is 17.2. The third-order valence-electron chi connectivity index (χ3n) is 6.42. The molecule has 29 heavy (non-hydrogen) atoms. The number of ether oxygens (including phenoxy) is 1. The molecule has 0 aliphatic carbocycles. The van der Waals surface area contributed by atoms with Crippen molar-refractivity contribution < 1.29 is 18.8 Å². The molecule has 0 aromatic carbocycles. The number of carbonyl (C=O) groups is 2. The van der Waals surface area contributed by atoms with Crippen LogP contribution in [0.1, 0.15) is 48.0 Å². The summed E-state index contributed by atoms with van der Waals surface area (Å²) in [6.07, 6.45) is 0.389. The normalized spacial score (nSPS) is 22.7. The Hall–Kier alpha value is -0.926. The molecule has 1 rings (SSSR count). The lowest BCUT2D eigenvalue weighted by Crippen LogP contribution is -2.74. The van der Waals surface area contributed by atoms with E-state index in [0.717, 1.165) is 0 Å². The molecule has 5 nitrogen and oxygen atoms in total. The molecule has 0 aromatic rings. The molecule has 1 aliphatic rings. The number of hydrogen-bond donors (Lipinski definition) is 0. The van der Waals surface area contributed by atoms with E-state index >= 15 is 0 Å². The molecule has 4 atom stereocenters. The Kier molecular flexibility index (Phi) is 8.16.